The molecule has 4 nitrogen and oxygen atoms in total. The first kappa shape index (κ1) is 17.0. The van der Waals surface area contributed by atoms with Gasteiger partial charge in [-0.15, -0.1) is 0 Å². The molecule has 120 valence electrons. The van der Waals surface area contributed by atoms with Crippen molar-refractivity contribution in [3.05, 3.63) is 83.9 Å². The molecule has 0 unspecified atom stereocenters. The lowest BCUT2D eigenvalue weighted by atomic mass is 9.89. The van der Waals surface area contributed by atoms with Crippen LogP contribution in [0.5, 0.6) is 0 Å². The van der Waals surface area contributed by atoms with Crippen LogP contribution in [0.4, 0.5) is 0 Å². The topological polar surface area (TPSA) is 74.6 Å². The van der Waals surface area contributed by atoms with Gasteiger partial charge in [0.1, 0.15) is 0 Å². The van der Waals surface area contributed by atoms with Crippen molar-refractivity contribution >= 4 is 35.2 Å². The highest BCUT2D eigenvalue weighted by Crippen LogP contribution is 2.31. The first-order valence-electron chi connectivity index (χ1n) is 7.15. The minimum atomic E-state index is -1.32. The summed E-state index contributed by atoms with van der Waals surface area (Å²) in [5, 5.41) is 19.4. The van der Waals surface area contributed by atoms with Gasteiger partial charge in [0.2, 0.25) is 0 Å². The zero-order valence-electron chi connectivity index (χ0n) is 12.9. The Hall–Kier alpha value is -3.40. The lowest BCUT2D eigenvalue weighted by Gasteiger charge is -2.14. The maximum absolute atomic E-state index is 11.9. The number of benzene rings is 2. The Bertz CT molecular complexity index is 788. The second-order valence-electron chi connectivity index (χ2n) is 4.94. The van der Waals surface area contributed by atoms with Crippen LogP contribution in [0.1, 0.15) is 22.3 Å². The lowest BCUT2D eigenvalue weighted by Crippen LogP contribution is -2.11. The number of hydrogen-bond donors (Lipinski definition) is 2. The zero-order chi connectivity index (χ0) is 17.7. The SMILES string of the molecule is C=Cc1ccccc1/C(C(=O)O)=C(\C(=O)O)c1ccccc1C=C. The predicted octanol–water partition coefficient (Wildman–Crippen LogP) is 4.05. The summed E-state index contributed by atoms with van der Waals surface area (Å²) in [6, 6.07) is 13.3. The van der Waals surface area contributed by atoms with E-state index in [1.807, 2.05) is 0 Å². The molecule has 0 saturated heterocycles. The standard InChI is InChI=1S/C20H16O4/c1-3-13-9-5-7-11-15(13)17(19(21)22)18(20(23)24)16-12-8-6-10-14(16)4-2/h3-12H,1-2H2,(H,21,22)(H,23,24)/b18-17+. The number of aliphatic carboxylic acids is 2. The molecule has 24 heavy (non-hydrogen) atoms. The van der Waals surface area contributed by atoms with Gasteiger partial charge < -0.3 is 10.2 Å². The van der Waals surface area contributed by atoms with Crippen molar-refractivity contribution in [3.8, 4) is 0 Å². The molecular weight excluding hydrogens is 304 g/mol. The summed E-state index contributed by atoms with van der Waals surface area (Å²) in [4.78, 5) is 23.8. The summed E-state index contributed by atoms with van der Waals surface area (Å²) in [5.74, 6) is -2.64. The highest BCUT2D eigenvalue weighted by atomic mass is 16.4. The third-order valence-corrected chi connectivity index (χ3v) is 3.58. The Labute approximate surface area is 139 Å². The first-order chi connectivity index (χ1) is 11.5. The number of rotatable bonds is 6. The van der Waals surface area contributed by atoms with E-state index in [0.717, 1.165) is 0 Å². The third-order valence-electron chi connectivity index (χ3n) is 3.58. The van der Waals surface area contributed by atoms with E-state index in [1.165, 1.54) is 12.2 Å². The van der Waals surface area contributed by atoms with Crippen molar-refractivity contribution in [1.29, 1.82) is 0 Å². The average Bonchev–Trinajstić information content (AvgIpc) is 2.59. The zero-order valence-corrected chi connectivity index (χ0v) is 12.9. The monoisotopic (exact) mass is 320 g/mol. The van der Waals surface area contributed by atoms with Crippen LogP contribution in [0, 0.1) is 0 Å². The van der Waals surface area contributed by atoms with Crippen LogP contribution in [-0.2, 0) is 9.59 Å². The molecule has 0 amide bonds. The smallest absolute Gasteiger partial charge is 0.337 e. The van der Waals surface area contributed by atoms with Gasteiger partial charge in [0.25, 0.3) is 0 Å². The quantitative estimate of drug-likeness (QED) is 0.622. The summed E-state index contributed by atoms with van der Waals surface area (Å²) in [5.41, 5.74) is 1.13. The molecule has 2 rings (SSSR count). The molecule has 0 aliphatic heterocycles. The third kappa shape index (κ3) is 3.17. The molecule has 0 bridgehead atoms. The first-order valence-corrected chi connectivity index (χ1v) is 7.15. The molecule has 2 aromatic rings. The molecule has 2 N–H and O–H groups in total. The maximum Gasteiger partial charge on any atom is 0.337 e. The second-order valence-corrected chi connectivity index (χ2v) is 4.94. The molecule has 2 aromatic carbocycles. The second kappa shape index (κ2) is 7.24. The Kier molecular flexibility index (Phi) is 5.12. The highest BCUT2D eigenvalue weighted by molar-refractivity contribution is 6.37. The Balaban J connectivity index is 2.94. The van der Waals surface area contributed by atoms with Crippen molar-refractivity contribution in [2.45, 2.75) is 0 Å². The summed E-state index contributed by atoms with van der Waals surface area (Å²) < 4.78 is 0. The number of carbonyl (C=O) groups is 2. The van der Waals surface area contributed by atoms with Gasteiger partial charge in [-0.3, -0.25) is 0 Å². The van der Waals surface area contributed by atoms with Crippen molar-refractivity contribution in [1.82, 2.24) is 0 Å². The molecule has 4 heteroatoms. The molecule has 0 saturated carbocycles. The van der Waals surface area contributed by atoms with Gasteiger partial charge in [-0.2, -0.15) is 0 Å². The van der Waals surface area contributed by atoms with Crippen molar-refractivity contribution in [3.63, 3.8) is 0 Å². The fraction of sp³-hybridized carbons (Fsp3) is 0. The molecule has 0 aliphatic rings. The maximum atomic E-state index is 11.9. The van der Waals surface area contributed by atoms with E-state index in [2.05, 4.69) is 13.2 Å². The van der Waals surface area contributed by atoms with E-state index in [0.29, 0.717) is 22.3 Å². The normalized spacial score (nSPS) is 11.3. The van der Waals surface area contributed by atoms with Gasteiger partial charge in [-0.1, -0.05) is 73.8 Å². The minimum Gasteiger partial charge on any atom is -0.478 e. The van der Waals surface area contributed by atoms with Crippen molar-refractivity contribution < 1.29 is 19.8 Å². The number of carboxylic acids is 2. The van der Waals surface area contributed by atoms with E-state index in [-0.39, 0.29) is 11.1 Å². The van der Waals surface area contributed by atoms with E-state index >= 15 is 0 Å². The van der Waals surface area contributed by atoms with Gasteiger partial charge >= 0.3 is 11.9 Å². The molecule has 0 radical (unpaired) electrons. The fourth-order valence-corrected chi connectivity index (χ4v) is 2.52. The van der Waals surface area contributed by atoms with Crippen LogP contribution in [0.25, 0.3) is 23.3 Å². The fourth-order valence-electron chi connectivity index (χ4n) is 2.52. The molecule has 0 aliphatic carbocycles. The van der Waals surface area contributed by atoms with Crippen molar-refractivity contribution in [2.75, 3.05) is 0 Å². The van der Waals surface area contributed by atoms with Crippen molar-refractivity contribution in [2.24, 2.45) is 0 Å². The van der Waals surface area contributed by atoms with E-state index in [9.17, 15) is 19.8 Å². The van der Waals surface area contributed by atoms with Crippen LogP contribution >= 0.6 is 0 Å². The summed E-state index contributed by atoms with van der Waals surface area (Å²) in [7, 11) is 0. The van der Waals surface area contributed by atoms with Gasteiger partial charge in [0, 0.05) is 0 Å². The lowest BCUT2D eigenvalue weighted by molar-refractivity contribution is -0.132. The van der Waals surface area contributed by atoms with Crippen LogP contribution in [0.2, 0.25) is 0 Å². The highest BCUT2D eigenvalue weighted by Gasteiger charge is 2.25. The Morgan fingerprint density at radius 1 is 0.708 bits per heavy atom. The van der Waals surface area contributed by atoms with Crippen LogP contribution in [-0.4, -0.2) is 22.2 Å². The van der Waals surface area contributed by atoms with E-state index < -0.39 is 11.9 Å². The summed E-state index contributed by atoms with van der Waals surface area (Å²) in [6.07, 6.45) is 2.99. The molecule has 0 aromatic heterocycles. The molecular formula is C20H16O4. The molecule has 0 fully saturated rings. The van der Waals surface area contributed by atoms with Crippen LogP contribution in [0.15, 0.2) is 61.7 Å². The van der Waals surface area contributed by atoms with Crippen LogP contribution in [0.3, 0.4) is 0 Å². The average molecular weight is 320 g/mol. The largest absolute Gasteiger partial charge is 0.478 e. The molecule has 0 heterocycles. The number of hydrogen-bond acceptors (Lipinski definition) is 2. The van der Waals surface area contributed by atoms with E-state index in [1.54, 1.807) is 48.5 Å². The number of carboxylic acid groups (broad SMARTS) is 2. The molecule has 0 spiro atoms. The summed E-state index contributed by atoms with van der Waals surface area (Å²) in [6.45, 7) is 7.33. The van der Waals surface area contributed by atoms with Gasteiger partial charge in [-0.25, -0.2) is 9.59 Å². The minimum absolute atomic E-state index is 0.285. The Morgan fingerprint density at radius 2 is 1.04 bits per heavy atom. The van der Waals surface area contributed by atoms with Crippen LogP contribution < -0.4 is 0 Å². The van der Waals surface area contributed by atoms with Gasteiger partial charge in [0.05, 0.1) is 11.1 Å². The van der Waals surface area contributed by atoms with Gasteiger partial charge in [-0.05, 0) is 22.3 Å². The Morgan fingerprint density at radius 3 is 1.33 bits per heavy atom. The molecule has 0 atom stereocenters. The van der Waals surface area contributed by atoms with Gasteiger partial charge in [0.15, 0.2) is 0 Å². The summed E-state index contributed by atoms with van der Waals surface area (Å²) >= 11 is 0. The predicted molar refractivity (Wildman–Crippen MR) is 95.2 cm³/mol. The van der Waals surface area contributed by atoms with E-state index in [4.69, 9.17) is 0 Å².